The summed E-state index contributed by atoms with van der Waals surface area (Å²) in [4.78, 5) is 27.7. The zero-order valence-corrected chi connectivity index (χ0v) is 18.4. The molecule has 31 heavy (non-hydrogen) atoms. The fourth-order valence-electron chi connectivity index (χ4n) is 2.96. The Labute approximate surface area is 183 Å². The summed E-state index contributed by atoms with van der Waals surface area (Å²) in [5.41, 5.74) is -0.0445. The molecule has 0 saturated carbocycles. The topological polar surface area (TPSA) is 112 Å². The van der Waals surface area contributed by atoms with Gasteiger partial charge in [0.05, 0.1) is 35.1 Å². The Morgan fingerprint density at radius 1 is 1.32 bits per heavy atom. The first-order valence-corrected chi connectivity index (χ1v) is 9.82. The minimum absolute atomic E-state index is 0.0349. The van der Waals surface area contributed by atoms with Crippen LogP contribution in [0.2, 0.25) is 0 Å². The second-order valence-corrected chi connectivity index (χ2v) is 7.30. The Bertz CT molecular complexity index is 1130. The van der Waals surface area contributed by atoms with Gasteiger partial charge in [-0.15, -0.1) is 10.2 Å². The van der Waals surface area contributed by atoms with Gasteiger partial charge >= 0.3 is 5.97 Å². The molecule has 0 atom stereocenters. The molecule has 0 amide bonds. The number of nitrogens with one attached hydrogen (secondary N) is 1. The van der Waals surface area contributed by atoms with E-state index in [1.807, 2.05) is 0 Å². The van der Waals surface area contributed by atoms with E-state index in [2.05, 4.69) is 36.3 Å². The number of halogens is 3. The number of alkyl halides is 2. The van der Waals surface area contributed by atoms with E-state index in [0.717, 1.165) is 0 Å². The Hall–Kier alpha value is -3.15. The number of benzene rings is 1. The average Bonchev–Trinajstić information content (AvgIpc) is 3.31. The van der Waals surface area contributed by atoms with Crippen molar-refractivity contribution in [2.45, 2.75) is 26.8 Å². The molecule has 0 aliphatic heterocycles. The Kier molecular flexibility index (Phi) is 6.78. The predicted octanol–water partition coefficient (Wildman–Crippen LogP) is 3.48. The molecule has 164 valence electrons. The van der Waals surface area contributed by atoms with E-state index in [-0.39, 0.29) is 41.4 Å². The van der Waals surface area contributed by atoms with E-state index in [1.54, 1.807) is 6.07 Å². The molecule has 12 heteroatoms. The molecule has 3 aromatic rings. The maximum absolute atomic E-state index is 13.7. The number of nitrogens with zero attached hydrogens (tertiary/aromatic N) is 4. The normalized spacial score (nSPS) is 11.1. The van der Waals surface area contributed by atoms with Gasteiger partial charge in [0.25, 0.3) is 6.43 Å². The molecule has 0 radical (unpaired) electrons. The molecule has 3 rings (SSSR count). The number of aromatic amines is 1. The molecule has 0 spiro atoms. The van der Waals surface area contributed by atoms with Crippen molar-refractivity contribution >= 4 is 27.7 Å². The number of tetrazole rings is 1. The minimum Gasteiger partial charge on any atom is -0.496 e. The third kappa shape index (κ3) is 4.79. The van der Waals surface area contributed by atoms with Gasteiger partial charge in [-0.2, -0.15) is 4.80 Å². The Balaban J connectivity index is 1.96. The average molecular weight is 498 g/mol. The van der Waals surface area contributed by atoms with Gasteiger partial charge in [0.15, 0.2) is 5.78 Å². The van der Waals surface area contributed by atoms with Crippen LogP contribution in [0.25, 0.3) is 11.5 Å². The maximum Gasteiger partial charge on any atom is 0.302 e. The third-order valence-corrected chi connectivity index (χ3v) is 5.03. The number of H-pyrrole nitrogens is 1. The largest absolute Gasteiger partial charge is 0.496 e. The van der Waals surface area contributed by atoms with E-state index >= 15 is 0 Å². The molecule has 9 nitrogen and oxygen atoms in total. The fraction of sp³-hybridized carbons (Fsp3) is 0.316. The van der Waals surface area contributed by atoms with Crippen LogP contribution >= 0.6 is 15.9 Å². The summed E-state index contributed by atoms with van der Waals surface area (Å²) >= 11 is 3.29. The summed E-state index contributed by atoms with van der Waals surface area (Å²) in [7, 11) is 1.48. The standard InChI is InChI=1S/C19H18BrF2N5O4/c1-9-14(17(29)11-4-5-13(30-3)12(20)8-11)16(18(21)22)23-15(9)19-24-26-27(25-19)6-7-31-10(2)28/h4-5,8,18,23H,6-7H2,1-3H3. The van der Waals surface area contributed by atoms with Crippen LogP contribution in [-0.4, -0.2) is 50.7 Å². The van der Waals surface area contributed by atoms with Crippen molar-refractivity contribution in [3.63, 3.8) is 0 Å². The van der Waals surface area contributed by atoms with Crippen LogP contribution in [0.1, 0.15) is 40.5 Å². The monoisotopic (exact) mass is 497 g/mol. The molecule has 0 bridgehead atoms. The van der Waals surface area contributed by atoms with Crippen molar-refractivity contribution in [3.05, 3.63) is 45.1 Å². The summed E-state index contributed by atoms with van der Waals surface area (Å²) in [6.45, 7) is 2.98. The van der Waals surface area contributed by atoms with E-state index in [0.29, 0.717) is 10.2 Å². The highest BCUT2D eigenvalue weighted by Crippen LogP contribution is 2.34. The summed E-state index contributed by atoms with van der Waals surface area (Å²) in [6.07, 6.45) is -2.92. The highest BCUT2D eigenvalue weighted by molar-refractivity contribution is 9.10. The van der Waals surface area contributed by atoms with Crippen LogP contribution < -0.4 is 4.74 Å². The van der Waals surface area contributed by atoms with Crippen LogP contribution in [-0.2, 0) is 16.1 Å². The number of carbonyl (C=O) groups is 2. The summed E-state index contributed by atoms with van der Waals surface area (Å²) in [5.74, 6) is -0.486. The molecule has 1 aromatic carbocycles. The lowest BCUT2D eigenvalue weighted by molar-refractivity contribution is -0.141. The number of rotatable bonds is 8. The van der Waals surface area contributed by atoms with Gasteiger partial charge in [-0.25, -0.2) is 8.78 Å². The second kappa shape index (κ2) is 9.33. The number of aromatic nitrogens is 5. The first-order chi connectivity index (χ1) is 14.7. The van der Waals surface area contributed by atoms with Gasteiger partial charge in [-0.3, -0.25) is 9.59 Å². The summed E-state index contributed by atoms with van der Waals surface area (Å²) in [6, 6.07) is 4.57. The number of hydrogen-bond donors (Lipinski definition) is 1. The predicted molar refractivity (Wildman–Crippen MR) is 108 cm³/mol. The molecule has 0 aliphatic rings. The third-order valence-electron chi connectivity index (χ3n) is 4.41. The zero-order chi connectivity index (χ0) is 22.7. The SMILES string of the molecule is COc1ccc(C(=O)c2c(C(F)F)[nH]c(-c3nnn(CCOC(C)=O)n3)c2C)cc1Br. The van der Waals surface area contributed by atoms with Crippen LogP contribution in [0.15, 0.2) is 22.7 Å². The zero-order valence-electron chi connectivity index (χ0n) is 16.8. The molecule has 0 saturated heterocycles. The van der Waals surface area contributed by atoms with Gasteiger partial charge in [-0.05, 0) is 51.8 Å². The molecular weight excluding hydrogens is 480 g/mol. The molecule has 2 aromatic heterocycles. The van der Waals surface area contributed by atoms with Crippen molar-refractivity contribution < 1.29 is 27.8 Å². The molecule has 2 heterocycles. The smallest absolute Gasteiger partial charge is 0.302 e. The Morgan fingerprint density at radius 2 is 2.06 bits per heavy atom. The lowest BCUT2D eigenvalue weighted by Gasteiger charge is -2.07. The highest BCUT2D eigenvalue weighted by Gasteiger charge is 2.28. The molecule has 0 unspecified atom stereocenters. The van der Waals surface area contributed by atoms with Crippen LogP contribution in [0.5, 0.6) is 5.75 Å². The maximum atomic E-state index is 13.7. The fourth-order valence-corrected chi connectivity index (χ4v) is 3.50. The second-order valence-electron chi connectivity index (χ2n) is 6.44. The van der Waals surface area contributed by atoms with Crippen LogP contribution in [0, 0.1) is 6.92 Å². The number of ketones is 1. The van der Waals surface area contributed by atoms with Gasteiger partial charge in [0, 0.05) is 12.5 Å². The number of methoxy groups -OCH3 is 1. The van der Waals surface area contributed by atoms with Gasteiger partial charge in [0.2, 0.25) is 5.82 Å². The quantitative estimate of drug-likeness (QED) is 0.374. The van der Waals surface area contributed by atoms with Crippen molar-refractivity contribution in [1.82, 2.24) is 25.2 Å². The van der Waals surface area contributed by atoms with Crippen LogP contribution in [0.4, 0.5) is 8.78 Å². The van der Waals surface area contributed by atoms with Crippen molar-refractivity contribution in [2.24, 2.45) is 0 Å². The number of esters is 1. The summed E-state index contributed by atoms with van der Waals surface area (Å²) < 4.78 is 37.9. The van der Waals surface area contributed by atoms with Gasteiger partial charge in [0.1, 0.15) is 12.4 Å². The van der Waals surface area contributed by atoms with E-state index < -0.39 is 23.9 Å². The van der Waals surface area contributed by atoms with Gasteiger partial charge < -0.3 is 14.5 Å². The number of hydrogen-bond acceptors (Lipinski definition) is 7. The number of ether oxygens (including phenoxy) is 2. The van der Waals surface area contributed by atoms with Gasteiger partial charge in [-0.1, -0.05) is 0 Å². The van der Waals surface area contributed by atoms with E-state index in [4.69, 9.17) is 9.47 Å². The molecule has 0 fully saturated rings. The van der Waals surface area contributed by atoms with E-state index in [9.17, 15) is 18.4 Å². The lowest BCUT2D eigenvalue weighted by Crippen LogP contribution is -2.11. The first-order valence-electron chi connectivity index (χ1n) is 9.03. The van der Waals surface area contributed by atoms with Crippen molar-refractivity contribution in [3.8, 4) is 17.3 Å². The Morgan fingerprint density at radius 3 is 2.68 bits per heavy atom. The van der Waals surface area contributed by atoms with E-state index in [1.165, 1.54) is 37.9 Å². The number of carbonyl (C=O) groups excluding carboxylic acids is 2. The lowest BCUT2D eigenvalue weighted by atomic mass is 9.99. The van der Waals surface area contributed by atoms with Crippen molar-refractivity contribution in [2.75, 3.05) is 13.7 Å². The minimum atomic E-state index is -2.92. The first kappa shape index (κ1) is 22.5. The molecular formula is C19H18BrF2N5O4. The summed E-state index contributed by atoms with van der Waals surface area (Å²) in [5, 5.41) is 11.8. The van der Waals surface area contributed by atoms with Crippen molar-refractivity contribution in [1.29, 1.82) is 0 Å². The molecule has 0 aliphatic carbocycles. The highest BCUT2D eigenvalue weighted by atomic mass is 79.9. The van der Waals surface area contributed by atoms with Crippen LogP contribution in [0.3, 0.4) is 0 Å². The molecule has 1 N–H and O–H groups in total.